The number of carbonyl (C=O) groups is 1. The quantitative estimate of drug-likeness (QED) is 0.599. The third-order valence-corrected chi connectivity index (χ3v) is 5.43. The molecule has 0 aliphatic carbocycles. The number of carbonyl (C=O) groups excluding carboxylic acids is 1. The Bertz CT molecular complexity index is 949. The lowest BCUT2D eigenvalue weighted by atomic mass is 9.90. The number of nitrogens with zero attached hydrogens (tertiary/aromatic N) is 1. The minimum atomic E-state index is -0.771. The predicted octanol–water partition coefficient (Wildman–Crippen LogP) is 1.84. The van der Waals surface area contributed by atoms with E-state index in [-0.39, 0.29) is 18.8 Å². The Labute approximate surface area is 174 Å². The van der Waals surface area contributed by atoms with Crippen molar-refractivity contribution in [2.45, 2.75) is 44.8 Å². The van der Waals surface area contributed by atoms with E-state index < -0.39 is 23.0 Å². The Morgan fingerprint density at radius 2 is 2.00 bits per heavy atom. The Kier molecular flexibility index (Phi) is 7.12. The minimum Gasteiger partial charge on any atom is -0.502 e. The number of nitrogens with two attached hydrogens (primary N) is 1. The fourth-order valence-electron chi connectivity index (χ4n) is 3.91. The number of benzene rings is 1. The largest absolute Gasteiger partial charge is 0.502 e. The summed E-state index contributed by atoms with van der Waals surface area (Å²) in [6.07, 6.45) is 3.21. The maximum Gasteiger partial charge on any atom is 0.227 e. The summed E-state index contributed by atoms with van der Waals surface area (Å²) in [4.78, 5) is 26.4. The van der Waals surface area contributed by atoms with Crippen molar-refractivity contribution in [3.05, 3.63) is 57.1 Å². The second kappa shape index (κ2) is 9.77. The van der Waals surface area contributed by atoms with E-state index in [1.807, 2.05) is 0 Å². The summed E-state index contributed by atoms with van der Waals surface area (Å²) in [5, 5.41) is 20.1. The van der Waals surface area contributed by atoms with E-state index in [9.17, 15) is 19.8 Å². The SMILES string of the molecule is COc1ccc([C@@H](CC(N)=O)c2oc(CN3CCCCC3)cc(=O)c2O)cc1CO. The Balaban J connectivity index is 2.03. The predicted molar refractivity (Wildman–Crippen MR) is 110 cm³/mol. The molecule has 1 saturated heterocycles. The third kappa shape index (κ3) is 5.01. The van der Waals surface area contributed by atoms with Crippen molar-refractivity contribution >= 4 is 5.91 Å². The molecule has 8 nitrogen and oxygen atoms in total. The van der Waals surface area contributed by atoms with Gasteiger partial charge < -0.3 is 25.1 Å². The van der Waals surface area contributed by atoms with Gasteiger partial charge in [-0.2, -0.15) is 0 Å². The molecule has 1 aliphatic heterocycles. The van der Waals surface area contributed by atoms with Crippen LogP contribution in [-0.2, 0) is 17.9 Å². The molecular weight excluding hydrogens is 388 g/mol. The summed E-state index contributed by atoms with van der Waals surface area (Å²) < 4.78 is 11.2. The number of likely N-dealkylation sites (tertiary alicyclic amines) is 1. The molecule has 30 heavy (non-hydrogen) atoms. The van der Waals surface area contributed by atoms with Crippen LogP contribution in [0.3, 0.4) is 0 Å². The normalized spacial score (nSPS) is 15.7. The zero-order valence-corrected chi connectivity index (χ0v) is 17.1. The van der Waals surface area contributed by atoms with Crippen LogP contribution in [0.4, 0.5) is 0 Å². The molecule has 3 rings (SSSR count). The minimum absolute atomic E-state index is 0.00219. The highest BCUT2D eigenvalue weighted by atomic mass is 16.5. The summed E-state index contributed by atoms with van der Waals surface area (Å²) >= 11 is 0. The van der Waals surface area contributed by atoms with E-state index in [0.29, 0.717) is 29.2 Å². The highest BCUT2D eigenvalue weighted by Gasteiger charge is 2.26. The van der Waals surface area contributed by atoms with Gasteiger partial charge in [-0.05, 0) is 43.6 Å². The Morgan fingerprint density at radius 1 is 1.27 bits per heavy atom. The number of piperidine rings is 1. The van der Waals surface area contributed by atoms with Gasteiger partial charge in [-0.3, -0.25) is 14.5 Å². The van der Waals surface area contributed by atoms with E-state index in [0.717, 1.165) is 25.9 Å². The molecule has 8 heteroatoms. The molecular formula is C22H28N2O6. The van der Waals surface area contributed by atoms with Crippen LogP contribution in [-0.4, -0.2) is 41.2 Å². The fourth-order valence-corrected chi connectivity index (χ4v) is 3.91. The van der Waals surface area contributed by atoms with Crippen LogP contribution in [0.25, 0.3) is 0 Å². The number of primary amides is 1. The molecule has 1 aromatic carbocycles. The zero-order valence-electron chi connectivity index (χ0n) is 17.1. The molecule has 0 spiro atoms. The molecule has 1 aliphatic rings. The van der Waals surface area contributed by atoms with Crippen molar-refractivity contribution in [3.8, 4) is 11.5 Å². The first-order valence-electron chi connectivity index (χ1n) is 10.1. The van der Waals surface area contributed by atoms with Crippen molar-refractivity contribution in [2.75, 3.05) is 20.2 Å². The van der Waals surface area contributed by atoms with Gasteiger partial charge >= 0.3 is 0 Å². The zero-order chi connectivity index (χ0) is 21.7. The molecule has 0 radical (unpaired) electrons. The maximum absolute atomic E-state index is 12.4. The fraction of sp³-hybridized carbons (Fsp3) is 0.455. The van der Waals surface area contributed by atoms with E-state index in [2.05, 4.69) is 4.90 Å². The standard InChI is InChI=1S/C22H28N2O6/c1-29-19-6-5-14(9-15(19)13-25)17(11-20(23)27)22-21(28)18(26)10-16(30-22)12-24-7-3-2-4-8-24/h5-6,9-10,17,25,28H,2-4,7-8,11-13H2,1H3,(H2,23,27)/t17-/m1/s1. The smallest absolute Gasteiger partial charge is 0.227 e. The van der Waals surface area contributed by atoms with E-state index in [1.54, 1.807) is 18.2 Å². The van der Waals surface area contributed by atoms with Gasteiger partial charge in [0.25, 0.3) is 0 Å². The number of ether oxygens (including phenoxy) is 1. The van der Waals surface area contributed by atoms with Crippen LogP contribution in [0.5, 0.6) is 11.5 Å². The molecule has 0 unspecified atom stereocenters. The number of aliphatic hydroxyl groups is 1. The molecule has 4 N–H and O–H groups in total. The first-order valence-corrected chi connectivity index (χ1v) is 10.1. The van der Waals surface area contributed by atoms with E-state index >= 15 is 0 Å². The summed E-state index contributed by atoms with van der Waals surface area (Å²) in [5.74, 6) is -0.992. The van der Waals surface area contributed by atoms with Gasteiger partial charge in [0.05, 0.1) is 26.2 Å². The topological polar surface area (TPSA) is 126 Å². The first-order chi connectivity index (χ1) is 14.4. The average Bonchev–Trinajstić information content (AvgIpc) is 2.74. The van der Waals surface area contributed by atoms with Gasteiger partial charge in [0.15, 0.2) is 5.76 Å². The van der Waals surface area contributed by atoms with Crippen LogP contribution in [0.1, 0.15) is 54.2 Å². The van der Waals surface area contributed by atoms with Crippen LogP contribution in [0.15, 0.2) is 33.5 Å². The highest BCUT2D eigenvalue weighted by molar-refractivity contribution is 5.75. The number of hydrogen-bond donors (Lipinski definition) is 3. The lowest BCUT2D eigenvalue weighted by Crippen LogP contribution is -2.29. The van der Waals surface area contributed by atoms with Crippen molar-refractivity contribution in [2.24, 2.45) is 5.73 Å². The molecule has 0 bridgehead atoms. The second-order valence-electron chi connectivity index (χ2n) is 7.58. The second-order valence-corrected chi connectivity index (χ2v) is 7.58. The van der Waals surface area contributed by atoms with Gasteiger partial charge in [0.2, 0.25) is 17.1 Å². The van der Waals surface area contributed by atoms with Gasteiger partial charge in [0, 0.05) is 18.1 Å². The molecule has 1 fully saturated rings. The first kappa shape index (κ1) is 21.9. The van der Waals surface area contributed by atoms with Gasteiger partial charge in [0.1, 0.15) is 11.5 Å². The van der Waals surface area contributed by atoms with Gasteiger partial charge in [-0.25, -0.2) is 0 Å². The lowest BCUT2D eigenvalue weighted by Gasteiger charge is -2.26. The number of rotatable bonds is 8. The number of aromatic hydroxyl groups is 1. The summed E-state index contributed by atoms with van der Waals surface area (Å²) in [6.45, 7) is 2.02. The van der Waals surface area contributed by atoms with Crippen molar-refractivity contribution < 1.29 is 24.2 Å². The molecule has 162 valence electrons. The number of amides is 1. The van der Waals surface area contributed by atoms with Crippen molar-refractivity contribution in [1.82, 2.24) is 4.90 Å². The monoisotopic (exact) mass is 416 g/mol. The molecule has 2 aromatic rings. The number of aliphatic hydroxyl groups excluding tert-OH is 1. The lowest BCUT2D eigenvalue weighted by molar-refractivity contribution is -0.118. The summed E-state index contributed by atoms with van der Waals surface area (Å²) in [7, 11) is 1.49. The molecule has 0 saturated carbocycles. The highest BCUT2D eigenvalue weighted by Crippen LogP contribution is 2.35. The maximum atomic E-state index is 12.4. The molecule has 2 heterocycles. The van der Waals surface area contributed by atoms with Gasteiger partial charge in [-0.15, -0.1) is 0 Å². The Morgan fingerprint density at radius 3 is 2.63 bits per heavy atom. The average molecular weight is 416 g/mol. The summed E-state index contributed by atoms with van der Waals surface area (Å²) in [5.41, 5.74) is 5.97. The van der Waals surface area contributed by atoms with Crippen LogP contribution < -0.4 is 15.9 Å². The van der Waals surface area contributed by atoms with Crippen LogP contribution in [0, 0.1) is 0 Å². The van der Waals surface area contributed by atoms with Crippen molar-refractivity contribution in [3.63, 3.8) is 0 Å². The molecule has 1 atom stereocenters. The van der Waals surface area contributed by atoms with Crippen LogP contribution >= 0.6 is 0 Å². The molecule has 1 aromatic heterocycles. The number of hydrogen-bond acceptors (Lipinski definition) is 7. The van der Waals surface area contributed by atoms with Crippen LogP contribution in [0.2, 0.25) is 0 Å². The van der Waals surface area contributed by atoms with E-state index in [1.165, 1.54) is 19.6 Å². The number of methoxy groups -OCH3 is 1. The van der Waals surface area contributed by atoms with Crippen molar-refractivity contribution in [1.29, 1.82) is 0 Å². The van der Waals surface area contributed by atoms with E-state index in [4.69, 9.17) is 14.9 Å². The van der Waals surface area contributed by atoms with Gasteiger partial charge in [-0.1, -0.05) is 12.5 Å². The Hall–Kier alpha value is -2.84. The molecule has 1 amide bonds. The summed E-state index contributed by atoms with van der Waals surface area (Å²) in [6, 6.07) is 6.30. The third-order valence-electron chi connectivity index (χ3n) is 5.43.